The van der Waals surface area contributed by atoms with Crippen molar-refractivity contribution in [1.82, 2.24) is 14.5 Å². The van der Waals surface area contributed by atoms with Gasteiger partial charge in [0.15, 0.2) is 0 Å². The van der Waals surface area contributed by atoms with Crippen molar-refractivity contribution in [2.75, 3.05) is 0 Å². The molecule has 0 N–H and O–H groups in total. The summed E-state index contributed by atoms with van der Waals surface area (Å²) in [7, 11) is 0. The van der Waals surface area contributed by atoms with E-state index in [-0.39, 0.29) is 0 Å². The van der Waals surface area contributed by atoms with Gasteiger partial charge in [-0.25, -0.2) is 4.98 Å². The number of ether oxygens (including phenoxy) is 1. The lowest BCUT2D eigenvalue weighted by Gasteiger charge is -2.13. The third kappa shape index (κ3) is 3.03. The Morgan fingerprint density at radius 1 is 0.862 bits per heavy atom. The summed E-state index contributed by atoms with van der Waals surface area (Å²) >= 11 is 0. The van der Waals surface area contributed by atoms with Gasteiger partial charge in [-0.05, 0) is 43.2 Å². The molecule has 3 aromatic heterocycles. The molecule has 4 heteroatoms. The van der Waals surface area contributed by atoms with E-state index in [1.807, 2.05) is 42.7 Å². The molecule has 0 saturated heterocycles. The van der Waals surface area contributed by atoms with Crippen molar-refractivity contribution in [3.05, 3.63) is 96.1 Å². The topological polar surface area (TPSA) is 39.9 Å². The van der Waals surface area contributed by atoms with Gasteiger partial charge in [0, 0.05) is 47.0 Å². The lowest BCUT2D eigenvalue weighted by atomic mass is 10.1. The van der Waals surface area contributed by atoms with Gasteiger partial charge in [-0.2, -0.15) is 0 Å². The largest absolute Gasteiger partial charge is 0.436 e. The highest BCUT2D eigenvalue weighted by Gasteiger charge is 2.17. The lowest BCUT2D eigenvalue weighted by Crippen LogP contribution is -2.03. The summed E-state index contributed by atoms with van der Waals surface area (Å²) in [6.07, 6.45) is 5.46. The maximum Gasteiger partial charge on any atom is 0.244 e. The Bertz CT molecular complexity index is 1320. The van der Waals surface area contributed by atoms with E-state index in [0.29, 0.717) is 5.88 Å². The molecule has 3 heterocycles. The Kier molecular flexibility index (Phi) is 4.24. The second-order valence-corrected chi connectivity index (χ2v) is 7.25. The predicted molar refractivity (Wildman–Crippen MR) is 117 cm³/mol. The molecule has 0 bridgehead atoms. The molecule has 2 aromatic carbocycles. The van der Waals surface area contributed by atoms with E-state index in [0.717, 1.165) is 28.6 Å². The van der Waals surface area contributed by atoms with E-state index in [4.69, 9.17) is 4.74 Å². The first-order valence-corrected chi connectivity index (χ1v) is 9.71. The molecule has 5 rings (SSSR count). The summed E-state index contributed by atoms with van der Waals surface area (Å²) in [5, 5.41) is 3.24. The maximum absolute atomic E-state index is 6.39. The second-order valence-electron chi connectivity index (χ2n) is 7.25. The number of aromatic nitrogens is 3. The standard InChI is InChI=1S/C25H21N3O/c1-17-18(2)28(16-19-7-4-3-5-8-19)24-21(17)12-14-27-25(24)29-23-10-6-9-20-15-26-13-11-22(20)23/h3-15H,16H2,1-2H3. The van der Waals surface area contributed by atoms with Gasteiger partial charge in [0.25, 0.3) is 0 Å². The molecular formula is C25H21N3O. The number of nitrogens with zero attached hydrogens (tertiary/aromatic N) is 3. The van der Waals surface area contributed by atoms with Crippen LogP contribution in [-0.4, -0.2) is 14.5 Å². The Labute approximate surface area is 169 Å². The average molecular weight is 379 g/mol. The average Bonchev–Trinajstić information content (AvgIpc) is 3.00. The van der Waals surface area contributed by atoms with E-state index in [1.54, 1.807) is 6.20 Å². The molecule has 0 aliphatic heterocycles. The molecule has 0 unspecified atom stereocenters. The van der Waals surface area contributed by atoms with Crippen LogP contribution in [0.1, 0.15) is 16.8 Å². The Hall–Kier alpha value is -3.66. The minimum Gasteiger partial charge on any atom is -0.436 e. The first-order chi connectivity index (χ1) is 14.2. The third-order valence-electron chi connectivity index (χ3n) is 5.54. The summed E-state index contributed by atoms with van der Waals surface area (Å²) in [5.74, 6) is 1.41. The van der Waals surface area contributed by atoms with Crippen LogP contribution in [0.25, 0.3) is 21.7 Å². The van der Waals surface area contributed by atoms with Gasteiger partial charge in [0.2, 0.25) is 5.88 Å². The van der Waals surface area contributed by atoms with Gasteiger partial charge in [0.1, 0.15) is 11.3 Å². The second kappa shape index (κ2) is 7.06. The summed E-state index contributed by atoms with van der Waals surface area (Å²) in [6, 6.07) is 20.5. The SMILES string of the molecule is Cc1c(C)n(Cc2ccccc2)c2c(Oc3cccc4cnccc34)nccc12. The number of pyridine rings is 2. The molecule has 0 radical (unpaired) electrons. The zero-order chi connectivity index (χ0) is 19.8. The van der Waals surface area contributed by atoms with Crippen LogP contribution < -0.4 is 4.74 Å². The summed E-state index contributed by atoms with van der Waals surface area (Å²) in [5.41, 5.74) is 4.75. The number of hydrogen-bond donors (Lipinski definition) is 0. The van der Waals surface area contributed by atoms with E-state index in [9.17, 15) is 0 Å². The fourth-order valence-corrected chi connectivity index (χ4v) is 3.89. The number of fused-ring (bicyclic) bond motifs is 2. The molecule has 0 spiro atoms. The molecule has 5 aromatic rings. The summed E-state index contributed by atoms with van der Waals surface area (Å²) < 4.78 is 8.69. The van der Waals surface area contributed by atoms with E-state index >= 15 is 0 Å². The molecule has 0 amide bonds. The van der Waals surface area contributed by atoms with Gasteiger partial charge < -0.3 is 9.30 Å². The molecule has 0 atom stereocenters. The van der Waals surface area contributed by atoms with Gasteiger partial charge in [-0.1, -0.05) is 42.5 Å². The smallest absolute Gasteiger partial charge is 0.244 e. The zero-order valence-electron chi connectivity index (χ0n) is 16.5. The molecule has 142 valence electrons. The predicted octanol–water partition coefficient (Wildman–Crippen LogP) is 6.04. The summed E-state index contributed by atoms with van der Waals surface area (Å²) in [4.78, 5) is 8.82. The molecular weight excluding hydrogens is 358 g/mol. The van der Waals surface area contributed by atoms with Gasteiger partial charge in [0.05, 0.1) is 0 Å². The highest BCUT2D eigenvalue weighted by atomic mass is 16.5. The minimum atomic E-state index is 0.624. The molecule has 0 saturated carbocycles. The van der Waals surface area contributed by atoms with Crippen molar-refractivity contribution < 1.29 is 4.74 Å². The van der Waals surface area contributed by atoms with Crippen molar-refractivity contribution in [2.45, 2.75) is 20.4 Å². The first-order valence-electron chi connectivity index (χ1n) is 9.71. The van der Waals surface area contributed by atoms with Crippen LogP contribution in [0.15, 0.2) is 79.3 Å². The molecule has 0 aliphatic carbocycles. The third-order valence-corrected chi connectivity index (χ3v) is 5.54. The van der Waals surface area contributed by atoms with E-state index in [1.165, 1.54) is 22.2 Å². The van der Waals surface area contributed by atoms with Crippen molar-refractivity contribution in [3.63, 3.8) is 0 Å². The van der Waals surface area contributed by atoms with Crippen LogP contribution in [0, 0.1) is 13.8 Å². The van der Waals surface area contributed by atoms with Crippen molar-refractivity contribution in [2.24, 2.45) is 0 Å². The maximum atomic E-state index is 6.39. The van der Waals surface area contributed by atoms with Crippen LogP contribution in [0.4, 0.5) is 0 Å². The minimum absolute atomic E-state index is 0.624. The Balaban J connectivity index is 1.67. The van der Waals surface area contributed by atoms with Crippen LogP contribution in [0.2, 0.25) is 0 Å². The van der Waals surface area contributed by atoms with E-state index < -0.39 is 0 Å². The van der Waals surface area contributed by atoms with Crippen LogP contribution in [0.3, 0.4) is 0 Å². The van der Waals surface area contributed by atoms with Crippen LogP contribution in [-0.2, 0) is 6.54 Å². The van der Waals surface area contributed by atoms with Crippen LogP contribution >= 0.6 is 0 Å². The highest BCUT2D eigenvalue weighted by Crippen LogP contribution is 2.35. The van der Waals surface area contributed by atoms with Crippen molar-refractivity contribution in [1.29, 1.82) is 0 Å². The quantitative estimate of drug-likeness (QED) is 0.382. The van der Waals surface area contributed by atoms with Gasteiger partial charge in [-0.3, -0.25) is 4.98 Å². The fourth-order valence-electron chi connectivity index (χ4n) is 3.89. The summed E-state index contributed by atoms with van der Waals surface area (Å²) in [6.45, 7) is 5.09. The van der Waals surface area contributed by atoms with Crippen LogP contribution in [0.5, 0.6) is 11.6 Å². The number of aryl methyl sites for hydroxylation is 1. The zero-order valence-corrected chi connectivity index (χ0v) is 16.5. The number of hydrogen-bond acceptors (Lipinski definition) is 3. The van der Waals surface area contributed by atoms with Gasteiger partial charge in [-0.15, -0.1) is 0 Å². The monoisotopic (exact) mass is 379 g/mol. The normalized spacial score (nSPS) is 11.2. The first kappa shape index (κ1) is 17.4. The molecule has 29 heavy (non-hydrogen) atoms. The molecule has 4 nitrogen and oxygen atoms in total. The fraction of sp³-hybridized carbons (Fsp3) is 0.120. The van der Waals surface area contributed by atoms with Crippen molar-refractivity contribution in [3.8, 4) is 11.6 Å². The Morgan fingerprint density at radius 3 is 2.55 bits per heavy atom. The number of benzene rings is 2. The van der Waals surface area contributed by atoms with Gasteiger partial charge >= 0.3 is 0 Å². The Morgan fingerprint density at radius 2 is 1.69 bits per heavy atom. The molecule has 0 fully saturated rings. The van der Waals surface area contributed by atoms with Crippen molar-refractivity contribution >= 4 is 21.7 Å². The molecule has 0 aliphatic rings. The number of rotatable bonds is 4. The lowest BCUT2D eigenvalue weighted by molar-refractivity contribution is 0.471. The highest BCUT2D eigenvalue weighted by molar-refractivity contribution is 5.91. The van der Waals surface area contributed by atoms with E-state index in [2.05, 4.69) is 58.7 Å².